The summed E-state index contributed by atoms with van der Waals surface area (Å²) in [5.74, 6) is -0.515. The number of ether oxygens (including phenoxy) is 1. The fourth-order valence-corrected chi connectivity index (χ4v) is 3.14. The maximum absolute atomic E-state index is 12.1. The summed E-state index contributed by atoms with van der Waals surface area (Å²) in [6.07, 6.45) is 2.72. The first kappa shape index (κ1) is 15.8. The Morgan fingerprint density at radius 3 is 2.57 bits per heavy atom. The molecule has 6 heteroatoms. The van der Waals surface area contributed by atoms with Gasteiger partial charge >= 0.3 is 5.97 Å². The van der Waals surface area contributed by atoms with Crippen molar-refractivity contribution < 1.29 is 14.3 Å². The Balaban J connectivity index is 2.30. The lowest BCUT2D eigenvalue weighted by atomic mass is 10.1. The number of nitrogens with two attached hydrogens (primary N) is 1. The lowest BCUT2D eigenvalue weighted by Crippen LogP contribution is -2.14. The molecule has 21 heavy (non-hydrogen) atoms. The number of hydrogen-bond acceptors (Lipinski definition) is 6. The van der Waals surface area contributed by atoms with Crippen molar-refractivity contribution in [1.82, 2.24) is 0 Å². The first-order valence-electron chi connectivity index (χ1n) is 7.28. The molecule has 0 atom stereocenters. The van der Waals surface area contributed by atoms with E-state index in [4.69, 9.17) is 10.5 Å². The van der Waals surface area contributed by atoms with Crippen molar-refractivity contribution in [2.75, 3.05) is 24.2 Å². The number of carbonyl (C=O) groups is 2. The molecule has 1 aliphatic carbocycles. The second-order valence-corrected chi connectivity index (χ2v) is 6.73. The lowest BCUT2D eigenvalue weighted by Gasteiger charge is -2.11. The van der Waals surface area contributed by atoms with Crippen LogP contribution in [0.15, 0.2) is 0 Å². The molecule has 0 bridgehead atoms. The summed E-state index contributed by atoms with van der Waals surface area (Å²) in [4.78, 5) is 24.5. The van der Waals surface area contributed by atoms with E-state index in [1.807, 2.05) is 0 Å². The first-order valence-corrected chi connectivity index (χ1v) is 8.10. The molecule has 3 N–H and O–H groups in total. The number of anilines is 2. The summed E-state index contributed by atoms with van der Waals surface area (Å²) in [5, 5.41) is 3.93. The van der Waals surface area contributed by atoms with Crippen LogP contribution in [0.3, 0.4) is 0 Å². The largest absolute Gasteiger partial charge is 0.462 e. The van der Waals surface area contributed by atoms with Gasteiger partial charge in [-0.2, -0.15) is 0 Å². The summed E-state index contributed by atoms with van der Waals surface area (Å²) >= 11 is 1.25. The molecule has 0 radical (unpaired) electrons. The Bertz CT molecular complexity index is 562. The van der Waals surface area contributed by atoms with E-state index >= 15 is 0 Å². The fourth-order valence-electron chi connectivity index (χ4n) is 2.03. The van der Waals surface area contributed by atoms with E-state index in [0.29, 0.717) is 27.3 Å². The van der Waals surface area contributed by atoms with Crippen molar-refractivity contribution in [2.45, 2.75) is 40.0 Å². The van der Waals surface area contributed by atoms with Crippen LogP contribution in [0, 0.1) is 5.41 Å². The third kappa shape index (κ3) is 3.37. The summed E-state index contributed by atoms with van der Waals surface area (Å²) in [7, 11) is 0. The van der Waals surface area contributed by atoms with Crippen molar-refractivity contribution in [3.8, 4) is 0 Å². The highest BCUT2D eigenvalue weighted by Crippen LogP contribution is 2.46. The second-order valence-electron chi connectivity index (χ2n) is 5.71. The predicted molar refractivity (Wildman–Crippen MR) is 85.1 cm³/mol. The number of Topliss-reactive ketones (excluding diaryl/α,β-unsaturated/α-hetero) is 1. The molecule has 0 unspecified atom stereocenters. The van der Waals surface area contributed by atoms with Gasteiger partial charge in [0.05, 0.1) is 17.2 Å². The third-order valence-electron chi connectivity index (χ3n) is 3.78. The topological polar surface area (TPSA) is 81.4 Å². The van der Waals surface area contributed by atoms with Gasteiger partial charge in [0.2, 0.25) is 0 Å². The molecule has 0 aromatic carbocycles. The predicted octanol–water partition coefficient (Wildman–Crippen LogP) is 3.31. The smallest absolute Gasteiger partial charge is 0.343 e. The number of nitrogens with one attached hydrogen (secondary N) is 1. The van der Waals surface area contributed by atoms with Crippen molar-refractivity contribution in [1.29, 1.82) is 0 Å². The van der Waals surface area contributed by atoms with Gasteiger partial charge in [0.15, 0.2) is 5.78 Å². The van der Waals surface area contributed by atoms with Gasteiger partial charge in [0.25, 0.3) is 0 Å². The minimum Gasteiger partial charge on any atom is -0.462 e. The average Bonchev–Trinajstić information content (AvgIpc) is 3.09. The Labute approximate surface area is 128 Å². The summed E-state index contributed by atoms with van der Waals surface area (Å²) < 4.78 is 5.06. The van der Waals surface area contributed by atoms with Crippen molar-refractivity contribution in [3.63, 3.8) is 0 Å². The Morgan fingerprint density at radius 1 is 1.38 bits per heavy atom. The molecule has 1 aliphatic rings. The molecule has 1 aromatic rings. The highest BCUT2D eigenvalue weighted by molar-refractivity contribution is 7.19. The SMILES string of the molecule is CCOC(=O)c1c(NCC2(C)CC2)sc(C(=O)CC)c1N. The van der Waals surface area contributed by atoms with Crippen LogP contribution >= 0.6 is 11.3 Å². The average molecular weight is 310 g/mol. The van der Waals surface area contributed by atoms with E-state index in [-0.39, 0.29) is 18.1 Å². The van der Waals surface area contributed by atoms with Gasteiger partial charge in [0, 0.05) is 13.0 Å². The van der Waals surface area contributed by atoms with E-state index in [1.165, 1.54) is 24.2 Å². The van der Waals surface area contributed by atoms with Crippen molar-refractivity contribution >= 4 is 33.8 Å². The molecule has 0 saturated heterocycles. The van der Waals surface area contributed by atoms with E-state index in [0.717, 1.165) is 6.54 Å². The van der Waals surface area contributed by atoms with Crippen molar-refractivity contribution in [2.24, 2.45) is 5.41 Å². The van der Waals surface area contributed by atoms with Gasteiger partial charge in [-0.25, -0.2) is 4.79 Å². The Morgan fingerprint density at radius 2 is 2.05 bits per heavy atom. The van der Waals surface area contributed by atoms with E-state index in [1.54, 1.807) is 13.8 Å². The summed E-state index contributed by atoms with van der Waals surface area (Å²) in [6.45, 7) is 6.78. The van der Waals surface area contributed by atoms with Crippen LogP contribution in [0.1, 0.15) is 60.1 Å². The molecule has 0 spiro atoms. The molecule has 0 amide bonds. The highest BCUT2D eigenvalue weighted by Gasteiger charge is 2.37. The second kappa shape index (κ2) is 6.05. The molecular weight excluding hydrogens is 288 g/mol. The quantitative estimate of drug-likeness (QED) is 0.596. The molecule has 2 rings (SSSR count). The van der Waals surface area contributed by atoms with Crippen LogP contribution in [0.4, 0.5) is 10.7 Å². The Kier molecular flexibility index (Phi) is 4.56. The zero-order chi connectivity index (χ0) is 15.6. The lowest BCUT2D eigenvalue weighted by molar-refractivity contribution is 0.0529. The number of hydrogen-bond donors (Lipinski definition) is 2. The fraction of sp³-hybridized carbons (Fsp3) is 0.600. The molecule has 116 valence electrons. The maximum atomic E-state index is 12.1. The molecule has 1 saturated carbocycles. The number of esters is 1. The molecule has 1 fully saturated rings. The van der Waals surface area contributed by atoms with E-state index < -0.39 is 5.97 Å². The third-order valence-corrected chi connectivity index (χ3v) is 4.98. The van der Waals surface area contributed by atoms with Crippen LogP contribution < -0.4 is 11.1 Å². The van der Waals surface area contributed by atoms with E-state index in [2.05, 4.69) is 12.2 Å². The molecule has 0 aliphatic heterocycles. The number of thiophene rings is 1. The molecule has 5 nitrogen and oxygen atoms in total. The minimum atomic E-state index is -0.468. The number of rotatable bonds is 7. The van der Waals surface area contributed by atoms with Gasteiger partial charge in [-0.15, -0.1) is 11.3 Å². The molecular formula is C15H22N2O3S. The van der Waals surface area contributed by atoms with Crippen LogP contribution in [0.25, 0.3) is 0 Å². The van der Waals surface area contributed by atoms with Gasteiger partial charge in [0.1, 0.15) is 10.6 Å². The Hall–Kier alpha value is -1.56. The van der Waals surface area contributed by atoms with E-state index in [9.17, 15) is 9.59 Å². The van der Waals surface area contributed by atoms with Crippen LogP contribution in [-0.2, 0) is 4.74 Å². The monoisotopic (exact) mass is 310 g/mol. The van der Waals surface area contributed by atoms with Crippen LogP contribution in [0.5, 0.6) is 0 Å². The number of carbonyl (C=O) groups excluding carboxylic acids is 2. The van der Waals surface area contributed by atoms with Crippen LogP contribution in [0.2, 0.25) is 0 Å². The van der Waals surface area contributed by atoms with Crippen molar-refractivity contribution in [3.05, 3.63) is 10.4 Å². The standard InChI is InChI=1S/C15H22N2O3S/c1-4-9(18)12-11(16)10(14(19)20-5-2)13(21-12)17-8-15(3)6-7-15/h17H,4-8,16H2,1-3H3. The normalized spacial score (nSPS) is 15.6. The van der Waals surface area contributed by atoms with Crippen LogP contribution in [-0.4, -0.2) is 24.9 Å². The summed E-state index contributed by atoms with van der Waals surface area (Å²) in [6, 6.07) is 0. The zero-order valence-corrected chi connectivity index (χ0v) is 13.6. The number of ketones is 1. The van der Waals surface area contributed by atoms with Gasteiger partial charge in [-0.05, 0) is 25.2 Å². The van der Waals surface area contributed by atoms with Gasteiger partial charge < -0.3 is 15.8 Å². The first-order chi connectivity index (χ1) is 9.91. The highest BCUT2D eigenvalue weighted by atomic mass is 32.1. The van der Waals surface area contributed by atoms with Gasteiger partial charge in [-0.1, -0.05) is 13.8 Å². The number of nitrogen functional groups attached to an aromatic ring is 1. The maximum Gasteiger partial charge on any atom is 0.343 e. The van der Waals surface area contributed by atoms with Gasteiger partial charge in [-0.3, -0.25) is 4.79 Å². The molecule has 1 aromatic heterocycles. The zero-order valence-electron chi connectivity index (χ0n) is 12.7. The molecule has 1 heterocycles. The summed E-state index contributed by atoms with van der Waals surface area (Å²) in [5.41, 5.74) is 6.86. The minimum absolute atomic E-state index is 0.0475.